The zero-order valence-electron chi connectivity index (χ0n) is 17.1. The van der Waals surface area contributed by atoms with Crippen LogP contribution in [-0.2, 0) is 4.74 Å². The van der Waals surface area contributed by atoms with Gasteiger partial charge in [0.2, 0.25) is 0 Å². The van der Waals surface area contributed by atoms with Gasteiger partial charge in [0.05, 0.1) is 6.26 Å². The van der Waals surface area contributed by atoms with Crippen molar-refractivity contribution in [1.29, 1.82) is 0 Å². The second kappa shape index (κ2) is 13.8. The topological polar surface area (TPSA) is 87.9 Å². The van der Waals surface area contributed by atoms with E-state index < -0.39 is 0 Å². The Bertz CT molecular complexity index is 572. The Balaban J connectivity index is 0.00000392. The first-order valence-electron chi connectivity index (χ1n) is 10.1. The molecule has 1 saturated carbocycles. The standard InChI is InChI=1S/C20H34N4O3.HI/c1-3-21-19(23-13-12-22-18(25)17-8-7-14-27-17)24-16-20(9-5-6-10-20)11-15-26-4-2;/h7-8,14H,3-6,9-13,15-16H2,1-2H3,(H,22,25)(H2,21,23,24);1H. The molecule has 0 aliphatic heterocycles. The fraction of sp³-hybridized carbons (Fsp3) is 0.700. The first-order chi connectivity index (χ1) is 13.2. The molecule has 0 aromatic carbocycles. The maximum Gasteiger partial charge on any atom is 0.287 e. The summed E-state index contributed by atoms with van der Waals surface area (Å²) in [5.74, 6) is 0.921. The number of nitrogens with zero attached hydrogens (tertiary/aromatic N) is 1. The highest BCUT2D eigenvalue weighted by molar-refractivity contribution is 14.0. The van der Waals surface area contributed by atoms with Gasteiger partial charge in [0.1, 0.15) is 0 Å². The molecular formula is C20H35IN4O3. The number of hydrogen-bond donors (Lipinski definition) is 3. The van der Waals surface area contributed by atoms with Crippen LogP contribution in [0.4, 0.5) is 0 Å². The van der Waals surface area contributed by atoms with Crippen LogP contribution in [0.15, 0.2) is 27.8 Å². The van der Waals surface area contributed by atoms with Crippen molar-refractivity contribution >= 4 is 35.8 Å². The number of rotatable bonds is 11. The van der Waals surface area contributed by atoms with E-state index in [2.05, 4.69) is 22.9 Å². The molecular weight excluding hydrogens is 471 g/mol. The molecule has 1 aliphatic carbocycles. The van der Waals surface area contributed by atoms with Crippen LogP contribution in [0, 0.1) is 5.41 Å². The molecule has 0 radical (unpaired) electrons. The fourth-order valence-corrected chi connectivity index (χ4v) is 3.49. The number of furan rings is 1. The molecule has 8 heteroatoms. The Morgan fingerprint density at radius 1 is 1.21 bits per heavy atom. The van der Waals surface area contributed by atoms with Crippen LogP contribution in [0.25, 0.3) is 0 Å². The SMILES string of the molecule is CCNC(=NCC1(CCOCC)CCCC1)NCCNC(=O)c1ccco1.I. The molecule has 1 heterocycles. The van der Waals surface area contributed by atoms with Crippen molar-refractivity contribution in [3.8, 4) is 0 Å². The maximum atomic E-state index is 11.9. The minimum atomic E-state index is -0.204. The number of amides is 1. The predicted octanol–water partition coefficient (Wildman–Crippen LogP) is 3.17. The van der Waals surface area contributed by atoms with E-state index in [1.165, 1.54) is 31.9 Å². The van der Waals surface area contributed by atoms with Crippen LogP contribution in [0.1, 0.15) is 56.5 Å². The van der Waals surface area contributed by atoms with Crippen molar-refractivity contribution in [2.75, 3.05) is 39.4 Å². The number of carbonyl (C=O) groups is 1. The molecule has 1 fully saturated rings. The molecule has 1 amide bonds. The molecule has 160 valence electrons. The quantitative estimate of drug-likeness (QED) is 0.186. The van der Waals surface area contributed by atoms with E-state index in [-0.39, 0.29) is 35.3 Å². The lowest BCUT2D eigenvalue weighted by Gasteiger charge is -2.27. The molecule has 0 spiro atoms. The normalized spacial score (nSPS) is 15.7. The highest BCUT2D eigenvalue weighted by Crippen LogP contribution is 2.41. The molecule has 1 aliphatic rings. The lowest BCUT2D eigenvalue weighted by Crippen LogP contribution is -2.42. The van der Waals surface area contributed by atoms with Crippen molar-refractivity contribution in [2.45, 2.75) is 46.0 Å². The van der Waals surface area contributed by atoms with Gasteiger partial charge < -0.3 is 25.1 Å². The lowest BCUT2D eigenvalue weighted by atomic mass is 9.83. The summed E-state index contributed by atoms with van der Waals surface area (Å²) >= 11 is 0. The van der Waals surface area contributed by atoms with Gasteiger partial charge in [-0.1, -0.05) is 12.8 Å². The van der Waals surface area contributed by atoms with E-state index in [9.17, 15) is 4.79 Å². The third-order valence-corrected chi connectivity index (χ3v) is 5.01. The van der Waals surface area contributed by atoms with Gasteiger partial charge in [-0.25, -0.2) is 0 Å². The number of aliphatic imine (C=N–C) groups is 1. The fourth-order valence-electron chi connectivity index (χ4n) is 3.49. The molecule has 1 aromatic rings. The third kappa shape index (κ3) is 8.38. The molecule has 28 heavy (non-hydrogen) atoms. The van der Waals surface area contributed by atoms with E-state index in [1.54, 1.807) is 12.1 Å². The monoisotopic (exact) mass is 506 g/mol. The van der Waals surface area contributed by atoms with E-state index in [0.29, 0.717) is 18.8 Å². The van der Waals surface area contributed by atoms with Crippen molar-refractivity contribution in [3.63, 3.8) is 0 Å². The van der Waals surface area contributed by atoms with Crippen LogP contribution in [0.3, 0.4) is 0 Å². The van der Waals surface area contributed by atoms with Gasteiger partial charge in [0.15, 0.2) is 11.7 Å². The summed E-state index contributed by atoms with van der Waals surface area (Å²) in [7, 11) is 0. The van der Waals surface area contributed by atoms with Crippen molar-refractivity contribution in [3.05, 3.63) is 24.2 Å². The average Bonchev–Trinajstić information content (AvgIpc) is 3.36. The van der Waals surface area contributed by atoms with Gasteiger partial charge in [-0.2, -0.15) is 0 Å². The van der Waals surface area contributed by atoms with Crippen LogP contribution < -0.4 is 16.0 Å². The number of guanidine groups is 1. The van der Waals surface area contributed by atoms with Crippen LogP contribution in [0.5, 0.6) is 0 Å². The van der Waals surface area contributed by atoms with Crippen LogP contribution >= 0.6 is 24.0 Å². The van der Waals surface area contributed by atoms with E-state index >= 15 is 0 Å². The van der Waals surface area contributed by atoms with E-state index in [1.807, 2.05) is 6.92 Å². The lowest BCUT2D eigenvalue weighted by molar-refractivity contribution is 0.0926. The molecule has 2 rings (SSSR count). The summed E-state index contributed by atoms with van der Waals surface area (Å²) in [5, 5.41) is 9.40. The third-order valence-electron chi connectivity index (χ3n) is 5.01. The van der Waals surface area contributed by atoms with Gasteiger partial charge in [0, 0.05) is 39.4 Å². The summed E-state index contributed by atoms with van der Waals surface area (Å²) < 4.78 is 10.7. The number of carbonyl (C=O) groups excluding carboxylic acids is 1. The van der Waals surface area contributed by atoms with Crippen LogP contribution in [-0.4, -0.2) is 51.3 Å². The number of hydrogen-bond acceptors (Lipinski definition) is 4. The van der Waals surface area contributed by atoms with E-state index in [0.717, 1.165) is 38.7 Å². The molecule has 1 aromatic heterocycles. The minimum Gasteiger partial charge on any atom is -0.459 e. The summed E-state index contributed by atoms with van der Waals surface area (Å²) in [6.07, 6.45) is 7.58. The van der Waals surface area contributed by atoms with Crippen LogP contribution in [0.2, 0.25) is 0 Å². The Labute approximate surface area is 185 Å². The smallest absolute Gasteiger partial charge is 0.287 e. The van der Waals surface area contributed by atoms with Gasteiger partial charge >= 0.3 is 0 Å². The van der Waals surface area contributed by atoms with Crippen molar-refractivity contribution < 1.29 is 13.9 Å². The van der Waals surface area contributed by atoms with Gasteiger partial charge in [-0.15, -0.1) is 24.0 Å². The average molecular weight is 506 g/mol. The largest absolute Gasteiger partial charge is 0.459 e. The Morgan fingerprint density at radius 2 is 1.96 bits per heavy atom. The second-order valence-corrected chi connectivity index (χ2v) is 7.01. The molecule has 0 saturated heterocycles. The first-order valence-corrected chi connectivity index (χ1v) is 10.1. The molecule has 7 nitrogen and oxygen atoms in total. The summed E-state index contributed by atoms with van der Waals surface area (Å²) in [6, 6.07) is 3.35. The number of halogens is 1. The zero-order valence-corrected chi connectivity index (χ0v) is 19.4. The molecule has 0 bridgehead atoms. The molecule has 0 atom stereocenters. The number of ether oxygens (including phenoxy) is 1. The van der Waals surface area contributed by atoms with Gasteiger partial charge in [-0.3, -0.25) is 9.79 Å². The van der Waals surface area contributed by atoms with Crippen molar-refractivity contribution in [1.82, 2.24) is 16.0 Å². The Morgan fingerprint density at radius 3 is 2.61 bits per heavy atom. The van der Waals surface area contributed by atoms with Gasteiger partial charge in [0.25, 0.3) is 5.91 Å². The molecule has 0 unspecified atom stereocenters. The zero-order chi connectivity index (χ0) is 19.4. The number of nitrogens with one attached hydrogen (secondary N) is 3. The molecule has 3 N–H and O–H groups in total. The highest BCUT2D eigenvalue weighted by Gasteiger charge is 2.33. The van der Waals surface area contributed by atoms with E-state index in [4.69, 9.17) is 14.1 Å². The Kier molecular flexibility index (Phi) is 12.2. The highest BCUT2D eigenvalue weighted by atomic mass is 127. The minimum absolute atomic E-state index is 0. The Hall–Kier alpha value is -1.29. The first kappa shape index (κ1) is 24.7. The summed E-state index contributed by atoms with van der Waals surface area (Å²) in [6.45, 7) is 8.39. The summed E-state index contributed by atoms with van der Waals surface area (Å²) in [4.78, 5) is 16.7. The van der Waals surface area contributed by atoms with Crippen molar-refractivity contribution in [2.24, 2.45) is 10.4 Å². The summed E-state index contributed by atoms with van der Waals surface area (Å²) in [5.41, 5.74) is 0.269. The maximum absolute atomic E-state index is 11.9. The predicted molar refractivity (Wildman–Crippen MR) is 122 cm³/mol. The van der Waals surface area contributed by atoms with Gasteiger partial charge in [-0.05, 0) is 50.7 Å². The second-order valence-electron chi connectivity index (χ2n) is 7.01.